The van der Waals surface area contributed by atoms with Crippen molar-refractivity contribution in [3.8, 4) is 0 Å². The molecule has 1 fully saturated rings. The van der Waals surface area contributed by atoms with Crippen molar-refractivity contribution < 1.29 is 9.59 Å². The van der Waals surface area contributed by atoms with Crippen LogP contribution in [0.2, 0.25) is 5.02 Å². The third-order valence-corrected chi connectivity index (χ3v) is 6.68. The molecule has 0 aliphatic carbocycles. The van der Waals surface area contributed by atoms with Crippen LogP contribution in [0.15, 0.2) is 29.3 Å². The number of benzene rings is 1. The van der Waals surface area contributed by atoms with Gasteiger partial charge in [-0.25, -0.2) is 9.79 Å². The molecule has 1 aromatic rings. The van der Waals surface area contributed by atoms with Gasteiger partial charge in [-0.15, -0.1) is 0 Å². The summed E-state index contributed by atoms with van der Waals surface area (Å²) in [6.07, 6.45) is 6.67. The monoisotopic (exact) mass is 436 g/mol. The van der Waals surface area contributed by atoms with Crippen LogP contribution in [-0.2, 0) is 10.5 Å². The van der Waals surface area contributed by atoms with Crippen LogP contribution in [0.1, 0.15) is 51.0 Å². The van der Waals surface area contributed by atoms with Gasteiger partial charge in [-0.3, -0.25) is 10.1 Å². The number of hydrogen-bond donors (Lipinski definition) is 1. The number of thioether (sulfide) groups is 1. The number of unbranched alkanes of at least 4 members (excludes halogenated alkanes) is 5. The van der Waals surface area contributed by atoms with Gasteiger partial charge in [0.2, 0.25) is 0 Å². The number of hydrogen-bond acceptors (Lipinski definition) is 5. The van der Waals surface area contributed by atoms with E-state index in [1.807, 2.05) is 24.3 Å². The van der Waals surface area contributed by atoms with Crippen LogP contribution in [-0.4, -0.2) is 52.7 Å². The summed E-state index contributed by atoms with van der Waals surface area (Å²) in [5, 5.41) is 4.00. The number of aliphatic imine (C=N–C) groups is 1. The molecule has 0 saturated carbocycles. The van der Waals surface area contributed by atoms with E-state index in [1.54, 1.807) is 18.8 Å². The summed E-state index contributed by atoms with van der Waals surface area (Å²) in [5.74, 6) is 0.483. The summed E-state index contributed by atoms with van der Waals surface area (Å²) in [7, 11) is 1.69. The molecule has 0 spiro atoms. The summed E-state index contributed by atoms with van der Waals surface area (Å²) in [5.41, 5.74) is 1.14. The van der Waals surface area contributed by atoms with Gasteiger partial charge in [0.15, 0.2) is 17.4 Å². The molecule has 2 unspecified atom stereocenters. The van der Waals surface area contributed by atoms with Gasteiger partial charge in [0.05, 0.1) is 0 Å². The number of carbonyl (C=O) groups is 2. The molecule has 1 N–H and O–H groups in total. The Morgan fingerprint density at radius 2 is 1.79 bits per heavy atom. The fourth-order valence-electron chi connectivity index (χ4n) is 3.65. The van der Waals surface area contributed by atoms with E-state index in [0.717, 1.165) is 35.9 Å². The highest BCUT2D eigenvalue weighted by atomic mass is 35.5. The number of amides is 3. The number of nitrogens with zero attached hydrogens (tertiary/aromatic N) is 3. The number of imide groups is 1. The molecular formula is C21H29ClN4O2S. The Bertz CT molecular complexity index is 756. The molecule has 3 rings (SSSR count). The van der Waals surface area contributed by atoms with Crippen LogP contribution in [0.3, 0.4) is 0 Å². The SMILES string of the molecule is CCCCCCCCN1C(SCc2ccc(Cl)cc2)=NC2C1C(=O)NC(=O)N2C. The van der Waals surface area contributed by atoms with Crippen molar-refractivity contribution in [3.63, 3.8) is 0 Å². The number of nitrogens with one attached hydrogen (secondary N) is 1. The second-order valence-electron chi connectivity index (χ2n) is 7.55. The molecule has 2 aliphatic heterocycles. The maximum absolute atomic E-state index is 12.6. The molecule has 8 heteroatoms. The van der Waals surface area contributed by atoms with E-state index in [4.69, 9.17) is 16.6 Å². The van der Waals surface area contributed by atoms with E-state index in [9.17, 15) is 9.59 Å². The Morgan fingerprint density at radius 3 is 2.52 bits per heavy atom. The fourth-order valence-corrected chi connectivity index (χ4v) is 4.81. The topological polar surface area (TPSA) is 65.0 Å². The number of urea groups is 1. The van der Waals surface area contributed by atoms with Crippen molar-refractivity contribution in [3.05, 3.63) is 34.9 Å². The first-order valence-corrected chi connectivity index (χ1v) is 11.7. The van der Waals surface area contributed by atoms with Crippen LogP contribution >= 0.6 is 23.4 Å². The molecule has 1 aromatic carbocycles. The second-order valence-corrected chi connectivity index (χ2v) is 8.93. The Balaban J connectivity index is 1.66. The van der Waals surface area contributed by atoms with Crippen molar-refractivity contribution in [2.24, 2.45) is 4.99 Å². The summed E-state index contributed by atoms with van der Waals surface area (Å²) in [6, 6.07) is 6.92. The van der Waals surface area contributed by atoms with Gasteiger partial charge in [0.1, 0.15) is 0 Å². The van der Waals surface area contributed by atoms with Crippen molar-refractivity contribution >= 4 is 40.5 Å². The van der Waals surface area contributed by atoms with Gasteiger partial charge in [0.25, 0.3) is 5.91 Å². The van der Waals surface area contributed by atoms with Crippen molar-refractivity contribution in [1.82, 2.24) is 15.1 Å². The number of likely N-dealkylation sites (N-methyl/N-ethyl adjacent to an activating group) is 1. The first kappa shape index (κ1) is 22.0. The predicted molar refractivity (Wildman–Crippen MR) is 119 cm³/mol. The quantitative estimate of drug-likeness (QED) is 0.579. The lowest BCUT2D eigenvalue weighted by Gasteiger charge is -2.36. The van der Waals surface area contributed by atoms with Gasteiger partial charge in [-0.2, -0.15) is 0 Å². The smallest absolute Gasteiger partial charge is 0.325 e. The molecule has 6 nitrogen and oxygen atoms in total. The molecule has 2 atom stereocenters. The van der Waals surface area contributed by atoms with Crippen LogP contribution in [0.4, 0.5) is 4.79 Å². The minimum atomic E-state index is -0.455. The highest BCUT2D eigenvalue weighted by Gasteiger charge is 2.48. The van der Waals surface area contributed by atoms with E-state index in [1.165, 1.54) is 30.6 Å². The largest absolute Gasteiger partial charge is 0.336 e. The van der Waals surface area contributed by atoms with E-state index in [2.05, 4.69) is 17.1 Å². The lowest BCUT2D eigenvalue weighted by atomic mass is 10.1. The molecule has 2 aliphatic rings. The molecule has 0 radical (unpaired) electrons. The summed E-state index contributed by atoms with van der Waals surface area (Å²) in [6.45, 7) is 2.99. The zero-order valence-corrected chi connectivity index (χ0v) is 18.6. The minimum Gasteiger partial charge on any atom is -0.336 e. The van der Waals surface area contributed by atoms with Gasteiger partial charge < -0.3 is 9.80 Å². The highest BCUT2D eigenvalue weighted by Crippen LogP contribution is 2.30. The second kappa shape index (κ2) is 10.3. The minimum absolute atomic E-state index is 0.255. The maximum Gasteiger partial charge on any atom is 0.325 e. The highest BCUT2D eigenvalue weighted by molar-refractivity contribution is 8.13. The molecule has 1 saturated heterocycles. The number of carbonyl (C=O) groups excluding carboxylic acids is 2. The number of halogens is 1. The summed E-state index contributed by atoms with van der Waals surface area (Å²) >= 11 is 7.58. The molecule has 2 heterocycles. The Kier molecular flexibility index (Phi) is 7.84. The zero-order valence-electron chi connectivity index (χ0n) is 17.1. The van der Waals surface area contributed by atoms with Crippen LogP contribution in [0.5, 0.6) is 0 Å². The van der Waals surface area contributed by atoms with Crippen LogP contribution in [0.25, 0.3) is 0 Å². The van der Waals surface area contributed by atoms with E-state index in [0.29, 0.717) is 5.02 Å². The first-order valence-electron chi connectivity index (χ1n) is 10.3. The molecule has 0 bridgehead atoms. The Morgan fingerprint density at radius 1 is 1.10 bits per heavy atom. The van der Waals surface area contributed by atoms with Gasteiger partial charge >= 0.3 is 6.03 Å². The molecule has 29 heavy (non-hydrogen) atoms. The molecule has 0 aromatic heterocycles. The van der Waals surface area contributed by atoms with Gasteiger partial charge in [-0.1, -0.05) is 74.5 Å². The van der Waals surface area contributed by atoms with E-state index >= 15 is 0 Å². The average Bonchev–Trinajstić information content (AvgIpc) is 3.07. The average molecular weight is 437 g/mol. The predicted octanol–water partition coefficient (Wildman–Crippen LogP) is 4.48. The molecular weight excluding hydrogens is 408 g/mol. The lowest BCUT2D eigenvalue weighted by molar-refractivity contribution is -0.127. The number of rotatable bonds is 9. The van der Waals surface area contributed by atoms with Crippen molar-refractivity contribution in [2.75, 3.05) is 13.6 Å². The number of fused-ring (bicyclic) bond motifs is 1. The third-order valence-electron chi connectivity index (χ3n) is 5.36. The Labute approximate surface area is 182 Å². The number of amidine groups is 1. The molecule has 158 valence electrons. The zero-order chi connectivity index (χ0) is 20.8. The molecule has 3 amide bonds. The standard InChI is InChI=1S/C21H29ClN4O2S/c1-3-4-5-6-7-8-13-26-17-18(25(2)20(28)24-19(17)27)23-21(26)29-14-15-9-11-16(22)12-10-15/h9-12,17-18H,3-8,13-14H2,1-2H3,(H,24,27,28). The van der Waals surface area contributed by atoms with Gasteiger partial charge in [0, 0.05) is 24.4 Å². The first-order chi connectivity index (χ1) is 14.0. The van der Waals surface area contributed by atoms with E-state index < -0.39 is 12.2 Å². The fraction of sp³-hybridized carbons (Fsp3) is 0.571. The lowest BCUT2D eigenvalue weighted by Crippen LogP contribution is -2.63. The van der Waals surface area contributed by atoms with E-state index in [-0.39, 0.29) is 11.9 Å². The Hall–Kier alpha value is -1.73. The van der Waals surface area contributed by atoms with Crippen molar-refractivity contribution in [2.45, 2.75) is 63.4 Å². The normalized spacial score (nSPS) is 21.3. The maximum atomic E-state index is 12.6. The summed E-state index contributed by atoms with van der Waals surface area (Å²) < 4.78 is 0. The van der Waals surface area contributed by atoms with Gasteiger partial charge in [-0.05, 0) is 24.1 Å². The summed E-state index contributed by atoms with van der Waals surface area (Å²) in [4.78, 5) is 33.0. The van der Waals surface area contributed by atoms with Crippen molar-refractivity contribution in [1.29, 1.82) is 0 Å². The van der Waals surface area contributed by atoms with Crippen LogP contribution in [0, 0.1) is 0 Å². The van der Waals surface area contributed by atoms with Crippen LogP contribution < -0.4 is 5.32 Å². The third kappa shape index (κ3) is 5.45.